The molecule has 0 spiro atoms. The Labute approximate surface area is 174 Å². The van der Waals surface area contributed by atoms with Gasteiger partial charge >= 0.3 is 0 Å². The Morgan fingerprint density at radius 1 is 1.10 bits per heavy atom. The van der Waals surface area contributed by atoms with Crippen molar-refractivity contribution in [2.45, 2.75) is 38.4 Å². The lowest BCUT2D eigenvalue weighted by atomic mass is 9.82. The van der Waals surface area contributed by atoms with Crippen LogP contribution in [0.25, 0.3) is 10.9 Å². The van der Waals surface area contributed by atoms with Gasteiger partial charge in [0.1, 0.15) is 12.6 Å². The van der Waals surface area contributed by atoms with Gasteiger partial charge in [-0.25, -0.2) is 0 Å². The number of carbonyl (C=O) groups is 2. The fourth-order valence-corrected chi connectivity index (χ4v) is 5.10. The molecule has 2 aliphatic rings. The number of rotatable bonds is 2. The van der Waals surface area contributed by atoms with E-state index in [2.05, 4.69) is 11.1 Å². The number of hydrogen-bond donors (Lipinski definition) is 1. The van der Waals surface area contributed by atoms with Gasteiger partial charge in [-0.1, -0.05) is 48.0 Å². The first kappa shape index (κ1) is 18.3. The summed E-state index contributed by atoms with van der Waals surface area (Å²) in [5.41, 5.74) is 3.47. The monoisotopic (exact) mass is 407 g/mol. The van der Waals surface area contributed by atoms with Crippen molar-refractivity contribution in [1.82, 2.24) is 14.8 Å². The molecule has 0 radical (unpaired) electrons. The van der Waals surface area contributed by atoms with Crippen molar-refractivity contribution in [3.63, 3.8) is 0 Å². The third-order valence-electron chi connectivity index (χ3n) is 6.25. The number of halogens is 1. The number of piperazine rings is 1. The van der Waals surface area contributed by atoms with Gasteiger partial charge in [-0.2, -0.15) is 0 Å². The molecule has 3 heterocycles. The molecule has 1 aromatic heterocycles. The third-order valence-corrected chi connectivity index (χ3v) is 6.62. The van der Waals surface area contributed by atoms with Gasteiger partial charge in [-0.15, -0.1) is 0 Å². The summed E-state index contributed by atoms with van der Waals surface area (Å²) in [6, 6.07) is 15.1. The third kappa shape index (κ3) is 2.68. The number of benzene rings is 2. The first-order chi connectivity index (χ1) is 13.9. The van der Waals surface area contributed by atoms with E-state index in [4.69, 9.17) is 11.6 Å². The molecule has 2 aromatic carbocycles. The highest BCUT2D eigenvalue weighted by atomic mass is 35.5. The van der Waals surface area contributed by atoms with E-state index in [1.54, 1.807) is 15.9 Å². The van der Waals surface area contributed by atoms with Crippen LogP contribution in [0.3, 0.4) is 0 Å². The summed E-state index contributed by atoms with van der Waals surface area (Å²) in [6.45, 7) is 4.44. The summed E-state index contributed by atoms with van der Waals surface area (Å²) in [5.74, 6) is -0.0514. The van der Waals surface area contributed by atoms with Crippen molar-refractivity contribution in [2.24, 2.45) is 0 Å². The van der Waals surface area contributed by atoms with E-state index in [1.807, 2.05) is 50.2 Å². The van der Waals surface area contributed by atoms with Crippen molar-refractivity contribution in [1.29, 1.82) is 0 Å². The van der Waals surface area contributed by atoms with E-state index in [9.17, 15) is 9.59 Å². The van der Waals surface area contributed by atoms with Gasteiger partial charge in [-0.05, 0) is 37.1 Å². The van der Waals surface area contributed by atoms with Gasteiger partial charge in [0.2, 0.25) is 11.8 Å². The smallest absolute Gasteiger partial charge is 0.246 e. The second-order valence-electron chi connectivity index (χ2n) is 8.35. The Morgan fingerprint density at radius 3 is 2.62 bits per heavy atom. The Balaban J connectivity index is 1.55. The lowest BCUT2D eigenvalue weighted by molar-refractivity contribution is -0.164. The number of carbonyl (C=O) groups excluding carboxylic acids is 2. The van der Waals surface area contributed by atoms with Gasteiger partial charge in [0.15, 0.2) is 0 Å². The van der Waals surface area contributed by atoms with Crippen LogP contribution in [0.2, 0.25) is 5.02 Å². The number of H-pyrrole nitrogens is 1. The molecular weight excluding hydrogens is 386 g/mol. The molecule has 2 aliphatic heterocycles. The van der Waals surface area contributed by atoms with Gasteiger partial charge in [0.05, 0.1) is 5.54 Å². The number of nitrogens with one attached hydrogen (secondary N) is 1. The Bertz CT molecular complexity index is 1150. The predicted molar refractivity (Wildman–Crippen MR) is 113 cm³/mol. The summed E-state index contributed by atoms with van der Waals surface area (Å²) in [4.78, 5) is 33.6. The molecule has 5 nitrogen and oxygen atoms in total. The number of nitrogens with zero attached hydrogens (tertiary/aromatic N) is 2. The fourth-order valence-electron chi connectivity index (χ4n) is 4.91. The minimum atomic E-state index is -0.583. The van der Waals surface area contributed by atoms with E-state index < -0.39 is 11.6 Å². The quantitative estimate of drug-likeness (QED) is 0.701. The highest BCUT2D eigenvalue weighted by Crippen LogP contribution is 2.42. The highest BCUT2D eigenvalue weighted by molar-refractivity contribution is 6.31. The molecule has 29 heavy (non-hydrogen) atoms. The zero-order valence-corrected chi connectivity index (χ0v) is 17.2. The molecule has 2 amide bonds. The molecule has 3 aromatic rings. The van der Waals surface area contributed by atoms with Crippen LogP contribution in [-0.2, 0) is 28.1 Å². The van der Waals surface area contributed by atoms with Crippen molar-refractivity contribution in [3.05, 3.63) is 70.4 Å². The summed E-state index contributed by atoms with van der Waals surface area (Å²) < 4.78 is 0. The zero-order chi connectivity index (χ0) is 20.3. The molecule has 0 aliphatic carbocycles. The summed E-state index contributed by atoms with van der Waals surface area (Å²) in [5, 5.41) is 1.73. The Hall–Kier alpha value is -2.79. The maximum absolute atomic E-state index is 13.5. The SMILES string of the molecule is CC1(C)c2[nH]c3ccccc3c2C[C@H]2C(=O)N(Cc3ccccc3Cl)CC(=O)N21. The number of hydrogen-bond acceptors (Lipinski definition) is 2. The molecule has 6 heteroatoms. The van der Waals surface area contributed by atoms with E-state index in [0.29, 0.717) is 18.0 Å². The maximum atomic E-state index is 13.5. The average Bonchev–Trinajstić information content (AvgIpc) is 3.07. The van der Waals surface area contributed by atoms with Crippen molar-refractivity contribution >= 4 is 34.3 Å². The second kappa shape index (κ2) is 6.36. The summed E-state index contributed by atoms with van der Waals surface area (Å²) >= 11 is 6.29. The zero-order valence-electron chi connectivity index (χ0n) is 16.4. The van der Waals surface area contributed by atoms with Crippen molar-refractivity contribution < 1.29 is 9.59 Å². The normalized spacial score (nSPS) is 20.7. The lowest BCUT2D eigenvalue weighted by Crippen LogP contribution is -2.66. The molecule has 1 saturated heterocycles. The lowest BCUT2D eigenvalue weighted by Gasteiger charge is -2.51. The number of para-hydroxylation sites is 1. The molecular formula is C23H22ClN3O2. The van der Waals surface area contributed by atoms with Gasteiger partial charge in [0, 0.05) is 34.6 Å². The highest BCUT2D eigenvalue weighted by Gasteiger charge is 2.51. The van der Waals surface area contributed by atoms with Gasteiger partial charge in [-0.3, -0.25) is 9.59 Å². The van der Waals surface area contributed by atoms with Crippen LogP contribution in [0.4, 0.5) is 0 Å². The Kier molecular flexibility index (Phi) is 4.00. The van der Waals surface area contributed by atoms with E-state index >= 15 is 0 Å². The van der Waals surface area contributed by atoms with Crippen LogP contribution in [0, 0.1) is 0 Å². The standard InChI is InChI=1S/C23H22ClN3O2/c1-23(2)21-16(15-8-4-6-10-18(15)25-21)11-19-22(29)26(13-20(28)27(19)23)12-14-7-3-5-9-17(14)24/h3-10,19,25H,11-13H2,1-2H3/t19-/m0/s1. The van der Waals surface area contributed by atoms with Gasteiger partial charge < -0.3 is 14.8 Å². The number of fused-ring (bicyclic) bond motifs is 4. The molecule has 1 fully saturated rings. The minimum Gasteiger partial charge on any atom is -0.356 e. The topological polar surface area (TPSA) is 56.4 Å². The van der Waals surface area contributed by atoms with Crippen molar-refractivity contribution in [3.8, 4) is 0 Å². The first-order valence-electron chi connectivity index (χ1n) is 9.82. The number of aromatic nitrogens is 1. The molecule has 1 N–H and O–H groups in total. The average molecular weight is 408 g/mol. The van der Waals surface area contributed by atoms with Crippen LogP contribution in [-0.4, -0.2) is 39.2 Å². The summed E-state index contributed by atoms with van der Waals surface area (Å²) in [7, 11) is 0. The van der Waals surface area contributed by atoms with E-state index in [0.717, 1.165) is 27.7 Å². The predicted octanol–water partition coefficient (Wildman–Crippen LogP) is 3.85. The summed E-state index contributed by atoms with van der Waals surface area (Å²) in [6.07, 6.45) is 0.520. The molecule has 1 atom stereocenters. The molecule has 5 rings (SSSR count). The van der Waals surface area contributed by atoms with Gasteiger partial charge in [0.25, 0.3) is 0 Å². The van der Waals surface area contributed by atoms with E-state index in [1.165, 1.54) is 0 Å². The van der Waals surface area contributed by atoms with E-state index in [-0.39, 0.29) is 18.4 Å². The second-order valence-corrected chi connectivity index (χ2v) is 8.76. The van der Waals surface area contributed by atoms with Crippen molar-refractivity contribution in [2.75, 3.05) is 6.54 Å². The largest absolute Gasteiger partial charge is 0.356 e. The Morgan fingerprint density at radius 2 is 1.83 bits per heavy atom. The number of amides is 2. The van der Waals surface area contributed by atoms with Crippen LogP contribution < -0.4 is 0 Å². The minimum absolute atomic E-state index is 0.0199. The number of aromatic amines is 1. The first-order valence-corrected chi connectivity index (χ1v) is 10.2. The fraction of sp³-hybridized carbons (Fsp3) is 0.304. The van der Waals surface area contributed by atoms with Crippen LogP contribution in [0.1, 0.15) is 30.7 Å². The molecule has 0 bridgehead atoms. The van der Waals surface area contributed by atoms with Crippen LogP contribution >= 0.6 is 11.6 Å². The molecule has 0 saturated carbocycles. The van der Waals surface area contributed by atoms with Crippen LogP contribution in [0.15, 0.2) is 48.5 Å². The maximum Gasteiger partial charge on any atom is 0.246 e. The molecule has 0 unspecified atom stereocenters. The van der Waals surface area contributed by atoms with Crippen LogP contribution in [0.5, 0.6) is 0 Å². The molecule has 148 valence electrons.